The lowest BCUT2D eigenvalue weighted by atomic mass is 10.1. The van der Waals surface area contributed by atoms with Crippen LogP contribution in [0.25, 0.3) is 11.2 Å². The fourth-order valence-electron chi connectivity index (χ4n) is 3.79. The van der Waals surface area contributed by atoms with Crippen LogP contribution >= 0.6 is 0 Å². The van der Waals surface area contributed by atoms with E-state index in [0.29, 0.717) is 52.3 Å². The van der Waals surface area contributed by atoms with Crippen LogP contribution in [0.1, 0.15) is 18.4 Å². The number of urea groups is 1. The van der Waals surface area contributed by atoms with Gasteiger partial charge in [-0.15, -0.1) is 0 Å². The van der Waals surface area contributed by atoms with Crippen molar-refractivity contribution in [3.05, 3.63) is 66.4 Å². The highest BCUT2D eigenvalue weighted by molar-refractivity contribution is 5.89. The number of anilines is 3. The number of methoxy groups -OCH3 is 3. The first kappa shape index (κ1) is 25.5. The average Bonchev–Trinajstić information content (AvgIpc) is 2.92. The van der Waals surface area contributed by atoms with Gasteiger partial charge in [-0.2, -0.15) is 0 Å². The number of unbranched alkanes of at least 4 members (excludes halogenated alkanes) is 1. The summed E-state index contributed by atoms with van der Waals surface area (Å²) in [6, 6.07) is 17.0. The van der Waals surface area contributed by atoms with Gasteiger partial charge in [0.15, 0.2) is 23.0 Å². The monoisotopic (exact) mass is 502 g/mol. The van der Waals surface area contributed by atoms with E-state index in [4.69, 9.17) is 14.2 Å². The maximum Gasteiger partial charge on any atom is 0.320 e. The lowest BCUT2D eigenvalue weighted by molar-refractivity contribution is 0.252. The van der Waals surface area contributed by atoms with Gasteiger partial charge in [0.2, 0.25) is 5.75 Å². The zero-order valence-corrected chi connectivity index (χ0v) is 21.1. The van der Waals surface area contributed by atoms with Crippen molar-refractivity contribution in [2.75, 3.05) is 38.5 Å². The average molecular weight is 503 g/mol. The van der Waals surface area contributed by atoms with Gasteiger partial charge in [0.25, 0.3) is 0 Å². The summed E-state index contributed by atoms with van der Waals surface area (Å²) in [4.78, 5) is 25.7. The molecule has 2 amide bonds. The molecule has 10 heteroatoms. The van der Waals surface area contributed by atoms with Gasteiger partial charge >= 0.3 is 6.03 Å². The van der Waals surface area contributed by atoms with Gasteiger partial charge in [-0.25, -0.2) is 19.7 Å². The van der Waals surface area contributed by atoms with E-state index in [2.05, 4.69) is 43.0 Å². The lowest BCUT2D eigenvalue weighted by Crippen LogP contribution is -2.29. The Morgan fingerprint density at radius 1 is 0.865 bits per heavy atom. The van der Waals surface area contributed by atoms with Crippen LogP contribution in [0, 0.1) is 0 Å². The number of aromatic nitrogens is 3. The summed E-state index contributed by atoms with van der Waals surface area (Å²) in [5.74, 6) is 2.36. The summed E-state index contributed by atoms with van der Waals surface area (Å²) in [5, 5.41) is 8.81. The molecular formula is C27H30N6O4. The molecule has 3 N–H and O–H groups in total. The number of pyridine rings is 1. The number of nitrogens with zero attached hydrogens (tertiary/aromatic N) is 3. The van der Waals surface area contributed by atoms with Crippen LogP contribution in [0.15, 0.2) is 60.8 Å². The van der Waals surface area contributed by atoms with E-state index in [1.54, 1.807) is 51.8 Å². The third-order valence-electron chi connectivity index (χ3n) is 5.61. The molecule has 192 valence electrons. The maximum atomic E-state index is 12.3. The van der Waals surface area contributed by atoms with Crippen LogP contribution < -0.4 is 30.2 Å². The molecular weight excluding hydrogens is 472 g/mol. The molecule has 37 heavy (non-hydrogen) atoms. The van der Waals surface area contributed by atoms with E-state index >= 15 is 0 Å². The summed E-state index contributed by atoms with van der Waals surface area (Å²) < 4.78 is 16.2. The van der Waals surface area contributed by atoms with E-state index in [0.717, 1.165) is 19.3 Å². The van der Waals surface area contributed by atoms with E-state index < -0.39 is 0 Å². The maximum absolute atomic E-state index is 12.3. The minimum Gasteiger partial charge on any atom is -0.493 e. The number of ether oxygens (including phenoxy) is 3. The molecule has 2 aromatic carbocycles. The normalized spacial score (nSPS) is 10.6. The van der Waals surface area contributed by atoms with Crippen LogP contribution in [0.3, 0.4) is 0 Å². The molecule has 10 nitrogen and oxygen atoms in total. The number of benzene rings is 2. The highest BCUT2D eigenvalue weighted by Crippen LogP contribution is 2.40. The molecule has 0 aliphatic heterocycles. The van der Waals surface area contributed by atoms with E-state index in [-0.39, 0.29) is 6.03 Å². The van der Waals surface area contributed by atoms with E-state index in [9.17, 15) is 4.79 Å². The Hall–Kier alpha value is -4.60. The van der Waals surface area contributed by atoms with Crippen LogP contribution in [-0.2, 0) is 6.42 Å². The van der Waals surface area contributed by atoms with Gasteiger partial charge in [0, 0.05) is 24.4 Å². The molecule has 0 aliphatic carbocycles. The van der Waals surface area contributed by atoms with Crippen LogP contribution in [0.5, 0.6) is 17.2 Å². The topological polar surface area (TPSA) is 120 Å². The van der Waals surface area contributed by atoms with Crippen LogP contribution in [0.2, 0.25) is 0 Å². The van der Waals surface area contributed by atoms with Crippen molar-refractivity contribution in [1.29, 1.82) is 0 Å². The second-order valence-corrected chi connectivity index (χ2v) is 8.16. The first-order chi connectivity index (χ1) is 18.1. The fraction of sp³-hybridized carbons (Fsp3) is 0.259. The Morgan fingerprint density at radius 3 is 2.30 bits per heavy atom. The van der Waals surface area contributed by atoms with Gasteiger partial charge in [-0.1, -0.05) is 30.3 Å². The highest BCUT2D eigenvalue weighted by Gasteiger charge is 2.14. The first-order valence-corrected chi connectivity index (χ1v) is 11.9. The lowest BCUT2D eigenvalue weighted by Gasteiger charge is -2.15. The minimum atomic E-state index is -0.314. The predicted octanol–water partition coefficient (Wildman–Crippen LogP) is 4.94. The van der Waals surface area contributed by atoms with Crippen molar-refractivity contribution in [2.45, 2.75) is 19.3 Å². The molecule has 0 bridgehead atoms. The minimum absolute atomic E-state index is 0.314. The predicted molar refractivity (Wildman–Crippen MR) is 143 cm³/mol. The number of rotatable bonds is 11. The molecule has 0 saturated carbocycles. The summed E-state index contributed by atoms with van der Waals surface area (Å²) >= 11 is 0. The smallest absolute Gasteiger partial charge is 0.320 e. The molecule has 0 saturated heterocycles. The molecule has 0 radical (unpaired) electrons. The Kier molecular flexibility index (Phi) is 8.53. The standard InChI is InChI=1S/C27H30N6O4/c1-35-21-15-19(16-22(36-2)25(21)37-3)30-24-17-29-20-12-13-23(31-26(20)32-24)33-27(34)28-14-8-7-11-18-9-5-4-6-10-18/h4-6,9-10,12-13,15-17H,7-8,11,14H2,1-3H3,(H3,28,30,31,32,33,34). The van der Waals surface area contributed by atoms with E-state index in [1.165, 1.54) is 5.56 Å². The third-order valence-corrected chi connectivity index (χ3v) is 5.61. The van der Waals surface area contributed by atoms with Gasteiger partial charge in [0.1, 0.15) is 11.3 Å². The number of nitrogens with one attached hydrogen (secondary N) is 3. The fourth-order valence-corrected chi connectivity index (χ4v) is 3.79. The van der Waals surface area contributed by atoms with Gasteiger partial charge in [0.05, 0.1) is 27.5 Å². The number of aryl methyl sites for hydroxylation is 1. The third kappa shape index (κ3) is 6.75. The Labute approximate surface area is 215 Å². The first-order valence-electron chi connectivity index (χ1n) is 11.9. The summed E-state index contributed by atoms with van der Waals surface area (Å²) in [6.45, 7) is 0.578. The highest BCUT2D eigenvalue weighted by atomic mass is 16.5. The Balaban J connectivity index is 1.36. The second kappa shape index (κ2) is 12.4. The zero-order valence-electron chi connectivity index (χ0n) is 21.1. The van der Waals surface area contributed by atoms with Crippen molar-refractivity contribution in [3.8, 4) is 17.2 Å². The molecule has 2 aromatic heterocycles. The molecule has 4 rings (SSSR count). The van der Waals surface area contributed by atoms with Crippen LogP contribution in [-0.4, -0.2) is 48.9 Å². The molecule has 0 aliphatic rings. The van der Waals surface area contributed by atoms with Crippen molar-refractivity contribution in [2.24, 2.45) is 0 Å². The SMILES string of the molecule is COc1cc(Nc2cnc3ccc(NC(=O)NCCCCc4ccccc4)nc3n2)cc(OC)c1OC. The molecule has 0 atom stereocenters. The summed E-state index contributed by atoms with van der Waals surface area (Å²) in [6.07, 6.45) is 4.47. The van der Waals surface area contributed by atoms with Crippen molar-refractivity contribution in [1.82, 2.24) is 20.3 Å². The Bertz CT molecular complexity index is 1320. The van der Waals surface area contributed by atoms with Crippen molar-refractivity contribution < 1.29 is 19.0 Å². The number of amides is 2. The molecule has 0 spiro atoms. The molecule has 2 heterocycles. The quantitative estimate of drug-likeness (QED) is 0.247. The summed E-state index contributed by atoms with van der Waals surface area (Å²) in [5.41, 5.74) is 2.96. The number of carbonyl (C=O) groups excluding carboxylic acids is 1. The molecule has 0 unspecified atom stereocenters. The van der Waals surface area contributed by atoms with Gasteiger partial charge in [-0.05, 0) is 37.0 Å². The summed E-state index contributed by atoms with van der Waals surface area (Å²) in [7, 11) is 4.65. The largest absolute Gasteiger partial charge is 0.493 e. The van der Waals surface area contributed by atoms with Crippen LogP contribution in [0.4, 0.5) is 22.1 Å². The van der Waals surface area contributed by atoms with Crippen molar-refractivity contribution >= 4 is 34.5 Å². The number of carbonyl (C=O) groups is 1. The van der Waals surface area contributed by atoms with Gasteiger partial charge < -0.3 is 24.8 Å². The Morgan fingerprint density at radius 2 is 1.59 bits per heavy atom. The zero-order chi connectivity index (χ0) is 26.0. The number of hydrogen-bond donors (Lipinski definition) is 3. The van der Waals surface area contributed by atoms with E-state index in [1.807, 2.05) is 18.2 Å². The number of hydrogen-bond acceptors (Lipinski definition) is 8. The van der Waals surface area contributed by atoms with Crippen molar-refractivity contribution in [3.63, 3.8) is 0 Å². The molecule has 4 aromatic rings. The van der Waals surface area contributed by atoms with Gasteiger partial charge in [-0.3, -0.25) is 5.32 Å². The molecule has 0 fully saturated rings. The second-order valence-electron chi connectivity index (χ2n) is 8.16. The number of fused-ring (bicyclic) bond motifs is 1.